The summed E-state index contributed by atoms with van der Waals surface area (Å²) >= 11 is 0. The molecule has 21 heavy (non-hydrogen) atoms. The van der Waals surface area contributed by atoms with Crippen LogP contribution in [0.3, 0.4) is 0 Å². The van der Waals surface area contributed by atoms with Gasteiger partial charge in [0.2, 0.25) is 5.82 Å². The van der Waals surface area contributed by atoms with E-state index in [1.54, 1.807) is 4.98 Å². The van der Waals surface area contributed by atoms with Crippen LogP contribution in [-0.2, 0) is 12.4 Å². The first-order chi connectivity index (χ1) is 9.00. The van der Waals surface area contributed by atoms with Crippen molar-refractivity contribution in [3.8, 4) is 0 Å². The molecule has 0 aliphatic carbocycles. The number of halogens is 6. The maximum Gasteiger partial charge on any atom is 1.00 e. The molecule has 0 bridgehead atoms. The zero-order valence-electron chi connectivity index (χ0n) is 10.1. The molecule has 2 rings (SSSR count). The third kappa shape index (κ3) is 3.47. The normalized spacial score (nSPS) is 12.3. The van der Waals surface area contributed by atoms with Gasteiger partial charge in [0, 0.05) is 6.07 Å². The summed E-state index contributed by atoms with van der Waals surface area (Å²) in [5.74, 6) is -1.60. The summed E-state index contributed by atoms with van der Waals surface area (Å²) in [4.78, 5) is 14.0. The van der Waals surface area contributed by atoms with Gasteiger partial charge in [-0.2, -0.15) is 26.3 Å². The quantitative estimate of drug-likeness (QED) is 0.360. The van der Waals surface area contributed by atoms with Crippen molar-refractivity contribution in [2.75, 3.05) is 0 Å². The summed E-state index contributed by atoms with van der Waals surface area (Å²) in [6.45, 7) is 0. The Kier molecular flexibility index (Phi) is 4.61. The maximum atomic E-state index is 12.5. The Morgan fingerprint density at radius 2 is 1.67 bits per heavy atom. The molecule has 0 saturated carbocycles. The molecule has 1 N–H and O–H groups in total. The van der Waals surface area contributed by atoms with E-state index in [9.17, 15) is 36.5 Å². The second-order valence-electron chi connectivity index (χ2n) is 3.73. The van der Waals surface area contributed by atoms with Crippen LogP contribution in [0.4, 0.5) is 32.0 Å². The molecule has 0 radical (unpaired) electrons. The summed E-state index contributed by atoms with van der Waals surface area (Å²) in [6.07, 6.45) is -9.88. The molecule has 0 saturated heterocycles. The van der Waals surface area contributed by atoms with Gasteiger partial charge in [0.05, 0.1) is 16.0 Å². The minimum Gasteiger partial charge on any atom is -0.334 e. The Morgan fingerprint density at radius 1 is 1.10 bits per heavy atom. The minimum atomic E-state index is -4.95. The molecular weight excluding hydrogens is 319 g/mol. The number of aromatic amines is 1. The van der Waals surface area contributed by atoms with E-state index in [1.165, 1.54) is 0 Å². The van der Waals surface area contributed by atoms with E-state index in [0.717, 1.165) is 0 Å². The fourth-order valence-electron chi connectivity index (χ4n) is 1.54. The fraction of sp³-hybridized carbons (Fsp3) is 0.222. The summed E-state index contributed by atoms with van der Waals surface area (Å²) in [7, 11) is 0. The maximum absolute atomic E-state index is 12.5. The van der Waals surface area contributed by atoms with E-state index >= 15 is 0 Å². The molecule has 108 valence electrons. The topological polar surface area (TPSA) is 71.8 Å². The van der Waals surface area contributed by atoms with Gasteiger partial charge in [-0.3, -0.25) is 10.1 Å². The van der Waals surface area contributed by atoms with Crippen molar-refractivity contribution in [1.29, 1.82) is 0 Å². The van der Waals surface area contributed by atoms with E-state index in [1.807, 2.05) is 0 Å². The molecule has 1 aromatic carbocycles. The molecule has 0 unspecified atom stereocenters. The number of fused-ring (bicyclic) bond motifs is 1. The Hall–Kier alpha value is -1.33. The monoisotopic (exact) mass is 322 g/mol. The molecule has 2 aromatic rings. The SMILES string of the molecule is O=[N+]([O-])c1cc(C(F)(F)F)cc2[nH]c(C(F)(F)F)nc12.[Na+]. The zero-order valence-corrected chi connectivity index (χ0v) is 12.1. The van der Waals surface area contributed by atoms with Crippen molar-refractivity contribution in [1.82, 2.24) is 9.97 Å². The Morgan fingerprint density at radius 3 is 2.10 bits per heavy atom. The number of hydrogen-bond acceptors (Lipinski definition) is 3. The molecule has 0 fully saturated rings. The minimum absolute atomic E-state index is 0. The third-order valence-electron chi connectivity index (χ3n) is 2.36. The first-order valence-corrected chi connectivity index (χ1v) is 4.82. The summed E-state index contributed by atoms with van der Waals surface area (Å²) in [5.41, 5.74) is -4.08. The number of nitrogens with zero attached hydrogens (tertiary/aromatic N) is 2. The first kappa shape index (κ1) is 17.7. The number of non-ortho nitro benzene ring substituents is 1. The first-order valence-electron chi connectivity index (χ1n) is 4.82. The molecule has 0 atom stereocenters. The predicted octanol–water partition coefficient (Wildman–Crippen LogP) is 0.513. The second kappa shape index (κ2) is 5.46. The van der Waals surface area contributed by atoms with Gasteiger partial charge in [0.25, 0.3) is 5.69 Å². The largest absolute Gasteiger partial charge is 1.00 e. The van der Waals surface area contributed by atoms with E-state index in [-0.39, 0.29) is 35.6 Å². The van der Waals surface area contributed by atoms with Crippen LogP contribution in [0.2, 0.25) is 0 Å². The number of benzene rings is 1. The van der Waals surface area contributed by atoms with Crippen molar-refractivity contribution in [3.05, 3.63) is 33.6 Å². The van der Waals surface area contributed by atoms with Crippen molar-refractivity contribution < 1.29 is 60.8 Å². The number of nitro groups is 1. The van der Waals surface area contributed by atoms with Crippen LogP contribution in [-0.4, -0.2) is 14.9 Å². The Balaban J connectivity index is 0.00000220. The zero-order chi connectivity index (χ0) is 15.3. The van der Waals surface area contributed by atoms with Gasteiger partial charge in [0.1, 0.15) is 0 Å². The number of nitrogens with one attached hydrogen (secondary N) is 1. The number of rotatable bonds is 1. The van der Waals surface area contributed by atoms with Crippen LogP contribution >= 0.6 is 0 Å². The number of imidazole rings is 1. The van der Waals surface area contributed by atoms with Crippen molar-refractivity contribution >= 4 is 16.7 Å². The standard InChI is InChI=1S/C9H3F6N3O2.Na/c10-8(11,12)3-1-4-6(5(2-3)18(19)20)17-7(16-4)9(13,14)15;/h1-2H,(H,16,17);/q;+1. The average Bonchev–Trinajstić information content (AvgIpc) is 2.68. The van der Waals surface area contributed by atoms with Crippen molar-refractivity contribution in [2.24, 2.45) is 0 Å². The molecule has 0 spiro atoms. The molecule has 5 nitrogen and oxygen atoms in total. The van der Waals surface area contributed by atoms with Crippen LogP contribution < -0.4 is 29.6 Å². The van der Waals surface area contributed by atoms with Crippen molar-refractivity contribution in [2.45, 2.75) is 12.4 Å². The molecule has 1 heterocycles. The van der Waals surface area contributed by atoms with Gasteiger partial charge in [-0.25, -0.2) is 4.98 Å². The molecule has 12 heteroatoms. The van der Waals surface area contributed by atoms with E-state index in [4.69, 9.17) is 0 Å². The number of hydrogen-bond donors (Lipinski definition) is 1. The van der Waals surface area contributed by atoms with Gasteiger partial charge in [-0.1, -0.05) is 0 Å². The smallest absolute Gasteiger partial charge is 0.334 e. The number of alkyl halides is 6. The number of aromatic nitrogens is 2. The van der Waals surface area contributed by atoms with Gasteiger partial charge in [-0.15, -0.1) is 0 Å². The summed E-state index contributed by atoms with van der Waals surface area (Å²) in [6, 6.07) is 0.480. The van der Waals surface area contributed by atoms with Crippen molar-refractivity contribution in [3.63, 3.8) is 0 Å². The van der Waals surface area contributed by atoms with Gasteiger partial charge >= 0.3 is 41.9 Å². The van der Waals surface area contributed by atoms with Gasteiger partial charge in [-0.05, 0) is 6.07 Å². The van der Waals surface area contributed by atoms with Crippen LogP contribution in [0.5, 0.6) is 0 Å². The Bertz CT molecular complexity index is 693. The number of H-pyrrole nitrogens is 1. The molecule has 1 aromatic heterocycles. The van der Waals surface area contributed by atoms with E-state index < -0.39 is 45.4 Å². The Labute approximate surface area is 133 Å². The molecule has 0 aliphatic rings. The summed E-state index contributed by atoms with van der Waals surface area (Å²) < 4.78 is 74.8. The molecule has 0 amide bonds. The van der Waals surface area contributed by atoms with Crippen LogP contribution in [0.15, 0.2) is 12.1 Å². The van der Waals surface area contributed by atoms with Crippen LogP contribution in [0, 0.1) is 10.1 Å². The fourth-order valence-corrected chi connectivity index (χ4v) is 1.54. The molecular formula is C9H3F6N3NaO2+. The predicted molar refractivity (Wildman–Crippen MR) is 52.8 cm³/mol. The third-order valence-corrected chi connectivity index (χ3v) is 2.36. The van der Waals surface area contributed by atoms with Gasteiger partial charge < -0.3 is 4.98 Å². The second-order valence-corrected chi connectivity index (χ2v) is 3.73. The van der Waals surface area contributed by atoms with Crippen LogP contribution in [0.1, 0.15) is 11.4 Å². The van der Waals surface area contributed by atoms with E-state index in [0.29, 0.717) is 6.07 Å². The average molecular weight is 322 g/mol. The van der Waals surface area contributed by atoms with Gasteiger partial charge in [0.15, 0.2) is 5.52 Å². The molecule has 0 aliphatic heterocycles. The van der Waals surface area contributed by atoms with E-state index in [2.05, 4.69) is 4.98 Å². The van der Waals surface area contributed by atoms with Crippen LogP contribution in [0.25, 0.3) is 11.0 Å². The number of nitro benzene ring substituents is 1. The summed E-state index contributed by atoms with van der Waals surface area (Å²) in [5, 5.41) is 10.7.